The molecule has 3 amide bonds. The number of rotatable bonds is 5. The Morgan fingerprint density at radius 3 is 1.96 bits per heavy atom. The maximum atomic E-state index is 12.6. The molecule has 2 aromatic rings. The normalized spacial score (nSPS) is 13.7. The number of benzene rings is 2. The summed E-state index contributed by atoms with van der Waals surface area (Å²) in [6.45, 7) is 0. The number of carbonyl (C=O) groups is 3. The molecule has 1 aliphatic rings. The van der Waals surface area contributed by atoms with E-state index in [-0.39, 0.29) is 11.3 Å². The third-order valence-corrected chi connectivity index (χ3v) is 5.86. The van der Waals surface area contributed by atoms with Gasteiger partial charge in [0.25, 0.3) is 17.7 Å². The largest absolute Gasteiger partial charge is 0.362 e. The van der Waals surface area contributed by atoms with Crippen LogP contribution in [0.2, 0.25) is 0 Å². The minimum Gasteiger partial charge on any atom is -0.306 e. The monoisotopic (exact) mass is 388 g/mol. The number of hydrogen-bond acceptors (Lipinski definition) is 6. The average molecular weight is 388 g/mol. The van der Waals surface area contributed by atoms with Crippen LogP contribution in [-0.2, 0) is 13.6 Å². The fourth-order valence-corrected chi connectivity index (χ4v) is 3.75. The fourth-order valence-electron chi connectivity index (χ4n) is 2.72. The molecule has 0 N–H and O–H groups in total. The standard InChI is InChI=1S/C18H17N2O6P/c1-24-27(25-2,26-3)19-16(21)12-7-6-8-13(11-12)20-17(22)14-9-4-5-10-15(14)18(20)23/h4-11H,1-3H3. The van der Waals surface area contributed by atoms with Gasteiger partial charge in [0.05, 0.1) is 16.8 Å². The first-order valence-corrected chi connectivity index (χ1v) is 9.37. The molecule has 0 unspecified atom stereocenters. The van der Waals surface area contributed by atoms with Crippen molar-refractivity contribution in [1.29, 1.82) is 0 Å². The Kier molecular flexibility index (Phi) is 5.34. The number of hydrogen-bond donors (Lipinski definition) is 0. The Labute approximate surface area is 156 Å². The average Bonchev–Trinajstić information content (AvgIpc) is 2.97. The van der Waals surface area contributed by atoms with Gasteiger partial charge in [-0.1, -0.05) is 18.2 Å². The Morgan fingerprint density at radius 2 is 1.44 bits per heavy atom. The Hall–Kier alpha value is -2.64. The van der Waals surface area contributed by atoms with Crippen molar-refractivity contribution >= 4 is 31.1 Å². The topological polar surface area (TPSA) is 94.5 Å². The van der Waals surface area contributed by atoms with E-state index in [0.29, 0.717) is 11.1 Å². The number of carbonyl (C=O) groups excluding carboxylic acids is 3. The highest BCUT2D eigenvalue weighted by atomic mass is 31.2. The maximum absolute atomic E-state index is 12.6. The van der Waals surface area contributed by atoms with Crippen LogP contribution in [0.4, 0.5) is 5.69 Å². The predicted octanol–water partition coefficient (Wildman–Crippen LogP) is 3.51. The molecule has 0 saturated heterocycles. The van der Waals surface area contributed by atoms with Crippen molar-refractivity contribution in [2.24, 2.45) is 4.74 Å². The van der Waals surface area contributed by atoms with Gasteiger partial charge in [0, 0.05) is 26.9 Å². The maximum Gasteiger partial charge on any atom is 0.362 e. The van der Waals surface area contributed by atoms with E-state index in [2.05, 4.69) is 4.74 Å². The molecule has 0 saturated carbocycles. The zero-order chi connectivity index (χ0) is 19.6. The van der Waals surface area contributed by atoms with Crippen molar-refractivity contribution in [2.45, 2.75) is 0 Å². The van der Waals surface area contributed by atoms with Gasteiger partial charge in [0.15, 0.2) is 0 Å². The first kappa shape index (κ1) is 19.1. The van der Waals surface area contributed by atoms with Crippen LogP contribution in [0, 0.1) is 0 Å². The lowest BCUT2D eigenvalue weighted by atomic mass is 10.1. The van der Waals surface area contributed by atoms with Gasteiger partial charge >= 0.3 is 7.74 Å². The third-order valence-electron chi connectivity index (χ3n) is 4.05. The lowest BCUT2D eigenvalue weighted by Crippen LogP contribution is -2.29. The summed E-state index contributed by atoms with van der Waals surface area (Å²) in [4.78, 5) is 38.8. The molecular formula is C18H17N2O6P. The zero-order valence-corrected chi connectivity index (χ0v) is 15.8. The number of fused-ring (bicyclic) bond motifs is 1. The number of nitrogens with zero attached hydrogens (tertiary/aromatic N) is 2. The van der Waals surface area contributed by atoms with Crippen molar-refractivity contribution < 1.29 is 28.0 Å². The van der Waals surface area contributed by atoms with Gasteiger partial charge in [0.2, 0.25) is 0 Å². The summed E-state index contributed by atoms with van der Waals surface area (Å²) in [6, 6.07) is 12.6. The van der Waals surface area contributed by atoms with Crippen LogP contribution in [0.25, 0.3) is 0 Å². The van der Waals surface area contributed by atoms with E-state index in [1.807, 2.05) is 0 Å². The molecular weight excluding hydrogens is 371 g/mol. The molecule has 0 radical (unpaired) electrons. The van der Waals surface area contributed by atoms with E-state index in [1.165, 1.54) is 33.5 Å². The second kappa shape index (κ2) is 7.54. The highest BCUT2D eigenvalue weighted by Gasteiger charge is 2.36. The predicted molar refractivity (Wildman–Crippen MR) is 98.7 cm³/mol. The van der Waals surface area contributed by atoms with E-state index >= 15 is 0 Å². The molecule has 0 fully saturated rings. The van der Waals surface area contributed by atoms with Crippen molar-refractivity contribution in [1.82, 2.24) is 0 Å². The molecule has 1 aliphatic heterocycles. The van der Waals surface area contributed by atoms with Gasteiger partial charge in [-0.3, -0.25) is 14.4 Å². The van der Waals surface area contributed by atoms with E-state index in [1.54, 1.807) is 36.4 Å². The minimum absolute atomic E-state index is 0.166. The number of anilines is 1. The molecule has 0 aromatic heterocycles. The van der Waals surface area contributed by atoms with Gasteiger partial charge in [0.1, 0.15) is 0 Å². The molecule has 1 heterocycles. The SMILES string of the molecule is COP(=NC(=O)c1cccc(N2C(=O)c3ccccc3C2=O)c1)(OC)OC. The van der Waals surface area contributed by atoms with Gasteiger partial charge in [-0.15, -0.1) is 0 Å². The summed E-state index contributed by atoms with van der Waals surface area (Å²) in [5, 5.41) is 0. The highest BCUT2D eigenvalue weighted by Crippen LogP contribution is 2.51. The fraction of sp³-hybridized carbons (Fsp3) is 0.167. The van der Waals surface area contributed by atoms with Crippen LogP contribution >= 0.6 is 7.74 Å². The summed E-state index contributed by atoms with van der Waals surface area (Å²) in [6.07, 6.45) is 0. The Morgan fingerprint density at radius 1 is 0.889 bits per heavy atom. The van der Waals surface area contributed by atoms with Gasteiger partial charge < -0.3 is 13.6 Å². The number of imide groups is 1. The van der Waals surface area contributed by atoms with Gasteiger partial charge in [-0.2, -0.15) is 4.74 Å². The second-order valence-corrected chi connectivity index (χ2v) is 7.70. The lowest BCUT2D eigenvalue weighted by Gasteiger charge is -2.17. The van der Waals surface area contributed by atoms with Crippen LogP contribution in [0.5, 0.6) is 0 Å². The van der Waals surface area contributed by atoms with Crippen LogP contribution in [0.15, 0.2) is 53.3 Å². The third kappa shape index (κ3) is 3.36. The Bertz CT molecular complexity index is 933. The molecule has 8 nitrogen and oxygen atoms in total. The van der Waals surface area contributed by atoms with E-state index < -0.39 is 25.5 Å². The molecule has 9 heteroatoms. The van der Waals surface area contributed by atoms with E-state index in [0.717, 1.165) is 4.90 Å². The highest BCUT2D eigenvalue weighted by molar-refractivity contribution is 7.51. The second-order valence-electron chi connectivity index (χ2n) is 5.46. The molecule has 3 rings (SSSR count). The number of amides is 3. The van der Waals surface area contributed by atoms with Crippen LogP contribution in [-0.4, -0.2) is 39.1 Å². The van der Waals surface area contributed by atoms with Gasteiger partial charge in [-0.05, 0) is 30.3 Å². The van der Waals surface area contributed by atoms with Crippen molar-refractivity contribution in [3.05, 3.63) is 65.2 Å². The first-order chi connectivity index (χ1) is 13.0. The van der Waals surface area contributed by atoms with Crippen molar-refractivity contribution in [3.63, 3.8) is 0 Å². The first-order valence-electron chi connectivity index (χ1n) is 7.88. The molecule has 0 bridgehead atoms. The van der Waals surface area contributed by atoms with E-state index in [9.17, 15) is 14.4 Å². The quantitative estimate of drug-likeness (QED) is 0.575. The summed E-state index contributed by atoms with van der Waals surface area (Å²) >= 11 is 0. The van der Waals surface area contributed by atoms with Crippen LogP contribution in [0.3, 0.4) is 0 Å². The molecule has 0 atom stereocenters. The van der Waals surface area contributed by atoms with Crippen molar-refractivity contribution in [2.75, 3.05) is 26.2 Å². The smallest absolute Gasteiger partial charge is 0.306 e. The molecule has 0 spiro atoms. The summed E-state index contributed by atoms with van der Waals surface area (Å²) < 4.78 is 19.2. The molecule has 2 aromatic carbocycles. The molecule has 140 valence electrons. The van der Waals surface area contributed by atoms with Crippen LogP contribution < -0.4 is 4.90 Å². The summed E-state index contributed by atoms with van der Waals surface area (Å²) in [5.74, 6) is -1.53. The summed E-state index contributed by atoms with van der Waals surface area (Å²) in [7, 11) is 0.834. The van der Waals surface area contributed by atoms with Gasteiger partial charge in [-0.25, -0.2) is 4.90 Å². The Balaban J connectivity index is 1.98. The molecule has 0 aliphatic carbocycles. The minimum atomic E-state index is -3.14. The summed E-state index contributed by atoms with van der Waals surface area (Å²) in [5.41, 5.74) is 1.09. The van der Waals surface area contributed by atoms with E-state index in [4.69, 9.17) is 13.6 Å². The zero-order valence-electron chi connectivity index (χ0n) is 14.9. The molecule has 27 heavy (non-hydrogen) atoms. The lowest BCUT2D eigenvalue weighted by molar-refractivity contribution is 0.0922. The van der Waals surface area contributed by atoms with Crippen molar-refractivity contribution in [3.8, 4) is 0 Å². The van der Waals surface area contributed by atoms with Crippen LogP contribution in [0.1, 0.15) is 31.1 Å².